The van der Waals surface area contributed by atoms with Crippen molar-refractivity contribution in [2.45, 2.75) is 38.9 Å². The van der Waals surface area contributed by atoms with E-state index in [1.54, 1.807) is 7.05 Å². The molecule has 0 bridgehead atoms. The van der Waals surface area contributed by atoms with Crippen molar-refractivity contribution >= 4 is 29.9 Å². The van der Waals surface area contributed by atoms with Crippen molar-refractivity contribution in [1.82, 2.24) is 15.5 Å². The van der Waals surface area contributed by atoms with Crippen LogP contribution in [0.15, 0.2) is 23.2 Å². The van der Waals surface area contributed by atoms with E-state index in [4.69, 9.17) is 14.2 Å². The van der Waals surface area contributed by atoms with Crippen LogP contribution in [-0.4, -0.2) is 69.6 Å². The summed E-state index contributed by atoms with van der Waals surface area (Å²) in [5.41, 5.74) is 1.22. The lowest BCUT2D eigenvalue weighted by molar-refractivity contribution is -0.0679. The molecular weight excluding hydrogens is 471 g/mol. The van der Waals surface area contributed by atoms with Crippen molar-refractivity contribution in [1.29, 1.82) is 0 Å². The number of morpholine rings is 1. The maximum Gasteiger partial charge on any atom is 0.231 e. The Bertz CT molecular complexity index is 634. The third-order valence-corrected chi connectivity index (χ3v) is 4.81. The zero-order valence-corrected chi connectivity index (χ0v) is 19.4. The van der Waals surface area contributed by atoms with Crippen LogP contribution in [0.1, 0.15) is 25.8 Å². The average molecular weight is 504 g/mol. The van der Waals surface area contributed by atoms with E-state index < -0.39 is 0 Å². The van der Waals surface area contributed by atoms with Gasteiger partial charge < -0.3 is 24.8 Å². The molecule has 0 spiro atoms. The van der Waals surface area contributed by atoms with Crippen LogP contribution in [0, 0.1) is 0 Å². The van der Waals surface area contributed by atoms with Crippen molar-refractivity contribution in [2.24, 2.45) is 4.99 Å². The SMILES string of the molecule is CN=C(NCCCN1CC(C)OC(C)C1)NCCc1ccc2c(c1)OCO2.I. The molecule has 1 aromatic carbocycles. The van der Waals surface area contributed by atoms with Crippen LogP contribution in [-0.2, 0) is 11.2 Å². The van der Waals surface area contributed by atoms with Gasteiger partial charge >= 0.3 is 0 Å². The highest BCUT2D eigenvalue weighted by molar-refractivity contribution is 14.0. The molecular formula is C20H33IN4O3. The minimum atomic E-state index is 0. The summed E-state index contributed by atoms with van der Waals surface area (Å²) in [5.74, 6) is 2.51. The number of nitrogens with one attached hydrogen (secondary N) is 2. The standard InChI is InChI=1S/C20H32N4O3.HI/c1-15-12-24(13-16(2)27-15)10-4-8-22-20(21-3)23-9-7-17-5-6-18-19(11-17)26-14-25-18;/h5-6,11,15-16H,4,7-10,12-14H2,1-3H3,(H2,21,22,23);1H. The van der Waals surface area contributed by atoms with E-state index in [2.05, 4.69) is 40.4 Å². The molecule has 2 N–H and O–H groups in total. The van der Waals surface area contributed by atoms with E-state index in [-0.39, 0.29) is 24.0 Å². The van der Waals surface area contributed by atoms with Crippen molar-refractivity contribution in [2.75, 3.05) is 46.6 Å². The summed E-state index contributed by atoms with van der Waals surface area (Å²) < 4.78 is 16.6. The number of halogens is 1. The molecule has 1 aromatic rings. The van der Waals surface area contributed by atoms with Gasteiger partial charge in [-0.15, -0.1) is 24.0 Å². The first-order chi connectivity index (χ1) is 13.1. The predicted molar refractivity (Wildman–Crippen MR) is 122 cm³/mol. The molecule has 0 saturated carbocycles. The maximum absolute atomic E-state index is 5.78. The van der Waals surface area contributed by atoms with Gasteiger partial charge in [0.2, 0.25) is 6.79 Å². The van der Waals surface area contributed by atoms with Crippen molar-refractivity contribution < 1.29 is 14.2 Å². The number of hydrogen-bond donors (Lipinski definition) is 2. The summed E-state index contributed by atoms with van der Waals surface area (Å²) in [6.45, 7) is 9.45. The zero-order chi connectivity index (χ0) is 19.1. The van der Waals surface area contributed by atoms with Gasteiger partial charge in [-0.05, 0) is 44.4 Å². The Morgan fingerprint density at radius 3 is 2.57 bits per heavy atom. The predicted octanol–water partition coefficient (Wildman–Crippen LogP) is 2.24. The van der Waals surface area contributed by atoms with Gasteiger partial charge in [-0.1, -0.05) is 6.07 Å². The number of hydrogen-bond acceptors (Lipinski definition) is 5. The Kier molecular flexibility index (Phi) is 9.60. The van der Waals surface area contributed by atoms with E-state index in [1.807, 2.05) is 12.1 Å². The monoisotopic (exact) mass is 504 g/mol. The smallest absolute Gasteiger partial charge is 0.231 e. The Morgan fingerprint density at radius 2 is 1.82 bits per heavy atom. The van der Waals surface area contributed by atoms with Crippen LogP contribution in [0.2, 0.25) is 0 Å². The second kappa shape index (κ2) is 11.7. The van der Waals surface area contributed by atoms with Crippen LogP contribution in [0.25, 0.3) is 0 Å². The Labute approximate surface area is 185 Å². The van der Waals surface area contributed by atoms with Crippen LogP contribution >= 0.6 is 24.0 Å². The molecule has 0 amide bonds. The van der Waals surface area contributed by atoms with E-state index >= 15 is 0 Å². The molecule has 2 unspecified atom stereocenters. The summed E-state index contributed by atoms with van der Waals surface area (Å²) in [7, 11) is 1.81. The van der Waals surface area contributed by atoms with Crippen molar-refractivity contribution in [3.8, 4) is 11.5 Å². The molecule has 0 aromatic heterocycles. The van der Waals surface area contributed by atoms with Gasteiger partial charge in [0.25, 0.3) is 0 Å². The maximum atomic E-state index is 5.78. The summed E-state index contributed by atoms with van der Waals surface area (Å²) in [5, 5.41) is 6.77. The molecule has 2 heterocycles. The van der Waals surface area contributed by atoms with Crippen LogP contribution < -0.4 is 20.1 Å². The number of fused-ring (bicyclic) bond motifs is 1. The second-order valence-electron chi connectivity index (χ2n) is 7.23. The molecule has 0 radical (unpaired) electrons. The fourth-order valence-corrected chi connectivity index (χ4v) is 3.62. The molecule has 158 valence electrons. The number of nitrogens with zero attached hydrogens (tertiary/aromatic N) is 2. The van der Waals surface area contributed by atoms with E-state index in [1.165, 1.54) is 5.56 Å². The minimum absolute atomic E-state index is 0. The van der Waals surface area contributed by atoms with Crippen molar-refractivity contribution in [3.63, 3.8) is 0 Å². The highest BCUT2D eigenvalue weighted by atomic mass is 127. The summed E-state index contributed by atoms with van der Waals surface area (Å²) in [4.78, 5) is 6.78. The van der Waals surface area contributed by atoms with Crippen LogP contribution in [0.4, 0.5) is 0 Å². The molecule has 3 rings (SSSR count). The molecule has 28 heavy (non-hydrogen) atoms. The van der Waals surface area contributed by atoms with Crippen molar-refractivity contribution in [3.05, 3.63) is 23.8 Å². The second-order valence-corrected chi connectivity index (χ2v) is 7.23. The summed E-state index contributed by atoms with van der Waals surface area (Å²) in [6, 6.07) is 6.10. The number of aliphatic imine (C=N–C) groups is 1. The van der Waals surface area contributed by atoms with E-state index in [0.717, 1.165) is 63.0 Å². The molecule has 7 nitrogen and oxygen atoms in total. The molecule has 8 heteroatoms. The number of benzene rings is 1. The van der Waals surface area contributed by atoms with Gasteiger partial charge in [-0.25, -0.2) is 0 Å². The van der Waals surface area contributed by atoms with Gasteiger partial charge in [-0.3, -0.25) is 9.89 Å². The first-order valence-corrected chi connectivity index (χ1v) is 9.85. The van der Waals surface area contributed by atoms with Gasteiger partial charge in [0, 0.05) is 39.8 Å². The van der Waals surface area contributed by atoms with E-state index in [0.29, 0.717) is 19.0 Å². The third kappa shape index (κ3) is 6.97. The van der Waals surface area contributed by atoms with Gasteiger partial charge in [-0.2, -0.15) is 0 Å². The zero-order valence-electron chi connectivity index (χ0n) is 17.1. The van der Waals surface area contributed by atoms with Gasteiger partial charge in [0.1, 0.15) is 0 Å². The molecule has 2 aliphatic rings. The van der Waals surface area contributed by atoms with Crippen LogP contribution in [0.3, 0.4) is 0 Å². The largest absolute Gasteiger partial charge is 0.454 e. The molecule has 1 saturated heterocycles. The lowest BCUT2D eigenvalue weighted by Gasteiger charge is -2.35. The lowest BCUT2D eigenvalue weighted by atomic mass is 10.1. The summed E-state index contributed by atoms with van der Waals surface area (Å²) >= 11 is 0. The molecule has 1 fully saturated rings. The fourth-order valence-electron chi connectivity index (χ4n) is 3.62. The normalized spacial score (nSPS) is 21.9. The highest BCUT2D eigenvalue weighted by Gasteiger charge is 2.21. The Morgan fingerprint density at radius 1 is 1.11 bits per heavy atom. The number of ether oxygens (including phenoxy) is 3. The molecule has 2 aliphatic heterocycles. The lowest BCUT2D eigenvalue weighted by Crippen LogP contribution is -2.46. The Hall–Kier alpha value is -1.26. The van der Waals surface area contributed by atoms with Crippen LogP contribution in [0.5, 0.6) is 11.5 Å². The van der Waals surface area contributed by atoms with E-state index in [9.17, 15) is 0 Å². The fraction of sp³-hybridized carbons (Fsp3) is 0.650. The first-order valence-electron chi connectivity index (χ1n) is 9.85. The average Bonchev–Trinajstić information content (AvgIpc) is 3.10. The quantitative estimate of drug-likeness (QED) is 0.257. The first kappa shape index (κ1) is 23.0. The van der Waals surface area contributed by atoms with Gasteiger partial charge in [0.05, 0.1) is 12.2 Å². The van der Waals surface area contributed by atoms with Gasteiger partial charge in [0.15, 0.2) is 17.5 Å². The number of rotatable bonds is 7. The molecule has 0 aliphatic carbocycles. The Balaban J connectivity index is 0.00000280. The minimum Gasteiger partial charge on any atom is -0.454 e. The summed E-state index contributed by atoms with van der Waals surface area (Å²) in [6.07, 6.45) is 2.64. The highest BCUT2D eigenvalue weighted by Crippen LogP contribution is 2.32. The molecule has 2 atom stereocenters. The topological polar surface area (TPSA) is 67.4 Å². The third-order valence-electron chi connectivity index (χ3n) is 4.81. The number of guanidine groups is 1.